The molecule has 2 aromatic rings. The van der Waals surface area contributed by atoms with Crippen LogP contribution in [0.4, 0.5) is 19.0 Å². The average molecular weight is 296 g/mol. The number of rotatable bonds is 1. The first-order valence-electron chi connectivity index (χ1n) is 6.75. The Kier molecular flexibility index (Phi) is 3.49. The van der Waals surface area contributed by atoms with Crippen molar-refractivity contribution in [3.05, 3.63) is 35.9 Å². The molecule has 1 fully saturated rings. The summed E-state index contributed by atoms with van der Waals surface area (Å²) >= 11 is 0. The van der Waals surface area contributed by atoms with Gasteiger partial charge in [0.25, 0.3) is 0 Å². The number of pyridine rings is 1. The second-order valence-corrected chi connectivity index (χ2v) is 5.16. The monoisotopic (exact) mass is 296 g/mol. The standard InChI is InChI=1S/C15H15F3N2O/c1-10-8-14(19-12-5-3-2-4-11(10)12)20-6-7-21-13(9-20)15(16,17)18/h2-5,8,13H,6-7,9H2,1H3. The van der Waals surface area contributed by atoms with E-state index in [0.717, 1.165) is 16.5 Å². The molecule has 0 bridgehead atoms. The van der Waals surface area contributed by atoms with Crippen LogP contribution in [0.1, 0.15) is 5.56 Å². The van der Waals surface area contributed by atoms with E-state index in [9.17, 15) is 13.2 Å². The Bertz CT molecular complexity index is 657. The molecule has 3 nitrogen and oxygen atoms in total. The average Bonchev–Trinajstić information content (AvgIpc) is 2.46. The van der Waals surface area contributed by atoms with Gasteiger partial charge in [0.15, 0.2) is 6.10 Å². The van der Waals surface area contributed by atoms with Crippen molar-refractivity contribution in [2.75, 3.05) is 24.6 Å². The zero-order valence-electron chi connectivity index (χ0n) is 11.5. The molecule has 0 aliphatic carbocycles. The van der Waals surface area contributed by atoms with Crippen molar-refractivity contribution in [2.45, 2.75) is 19.2 Å². The number of halogens is 3. The summed E-state index contributed by atoms with van der Waals surface area (Å²) in [6.07, 6.45) is -6.09. The van der Waals surface area contributed by atoms with Gasteiger partial charge in [0, 0.05) is 11.9 Å². The number of hydrogen-bond acceptors (Lipinski definition) is 3. The molecule has 1 aliphatic heterocycles. The SMILES string of the molecule is Cc1cc(N2CCOC(C(F)(F)F)C2)nc2ccccc12. The first kappa shape index (κ1) is 14.1. The molecule has 1 unspecified atom stereocenters. The minimum atomic E-state index is -4.34. The highest BCUT2D eigenvalue weighted by Gasteiger charge is 2.43. The molecule has 112 valence electrons. The first-order chi connectivity index (χ1) is 9.95. The van der Waals surface area contributed by atoms with Gasteiger partial charge >= 0.3 is 6.18 Å². The summed E-state index contributed by atoms with van der Waals surface area (Å²) in [7, 11) is 0. The van der Waals surface area contributed by atoms with Crippen molar-refractivity contribution in [3.63, 3.8) is 0 Å². The number of anilines is 1. The number of alkyl halides is 3. The van der Waals surface area contributed by atoms with Crippen LogP contribution < -0.4 is 4.90 Å². The molecule has 0 spiro atoms. The van der Waals surface area contributed by atoms with E-state index >= 15 is 0 Å². The lowest BCUT2D eigenvalue weighted by atomic mass is 10.1. The number of morpholine rings is 1. The molecule has 0 radical (unpaired) electrons. The summed E-state index contributed by atoms with van der Waals surface area (Å²) in [5.41, 5.74) is 1.80. The Morgan fingerprint density at radius 2 is 2.05 bits per heavy atom. The van der Waals surface area contributed by atoms with Gasteiger partial charge in [0.1, 0.15) is 5.82 Å². The van der Waals surface area contributed by atoms with Crippen molar-refractivity contribution >= 4 is 16.7 Å². The smallest absolute Gasteiger partial charge is 0.365 e. The normalized spacial score (nSPS) is 20.0. The molecule has 1 aliphatic rings. The minimum Gasteiger partial charge on any atom is -0.365 e. The second-order valence-electron chi connectivity index (χ2n) is 5.16. The van der Waals surface area contributed by atoms with Crippen LogP contribution in [0.15, 0.2) is 30.3 Å². The summed E-state index contributed by atoms with van der Waals surface area (Å²) in [5, 5.41) is 1.02. The summed E-state index contributed by atoms with van der Waals surface area (Å²) in [6, 6.07) is 9.45. The lowest BCUT2D eigenvalue weighted by Crippen LogP contribution is -2.49. The molecule has 1 aromatic carbocycles. The Morgan fingerprint density at radius 1 is 1.29 bits per heavy atom. The van der Waals surface area contributed by atoms with Crippen LogP contribution in [0, 0.1) is 6.92 Å². The minimum absolute atomic E-state index is 0.0533. The zero-order valence-corrected chi connectivity index (χ0v) is 11.5. The Morgan fingerprint density at radius 3 is 2.81 bits per heavy atom. The molecule has 3 rings (SSSR count). The van der Waals surface area contributed by atoms with Crippen LogP contribution >= 0.6 is 0 Å². The molecule has 1 saturated heterocycles. The number of para-hydroxylation sites is 1. The van der Waals surface area contributed by atoms with Crippen molar-refractivity contribution in [1.29, 1.82) is 0 Å². The van der Waals surface area contributed by atoms with Crippen molar-refractivity contribution < 1.29 is 17.9 Å². The Labute approximate surface area is 120 Å². The van der Waals surface area contributed by atoms with Crippen molar-refractivity contribution in [3.8, 4) is 0 Å². The van der Waals surface area contributed by atoms with Gasteiger partial charge in [-0.25, -0.2) is 4.98 Å². The molecular formula is C15H15F3N2O. The fourth-order valence-corrected chi connectivity index (χ4v) is 2.55. The highest BCUT2D eigenvalue weighted by molar-refractivity contribution is 5.83. The number of benzene rings is 1. The first-order valence-corrected chi connectivity index (χ1v) is 6.75. The maximum atomic E-state index is 12.8. The van der Waals surface area contributed by atoms with Gasteiger partial charge in [-0.05, 0) is 24.6 Å². The van der Waals surface area contributed by atoms with Gasteiger partial charge in [-0.1, -0.05) is 18.2 Å². The maximum Gasteiger partial charge on any atom is 0.416 e. The second kappa shape index (κ2) is 5.18. The van der Waals surface area contributed by atoms with Gasteiger partial charge in [-0.15, -0.1) is 0 Å². The topological polar surface area (TPSA) is 25.4 Å². The third-order valence-electron chi connectivity index (χ3n) is 3.67. The number of hydrogen-bond donors (Lipinski definition) is 0. The fourth-order valence-electron chi connectivity index (χ4n) is 2.55. The van der Waals surface area contributed by atoms with E-state index in [0.29, 0.717) is 12.4 Å². The predicted molar refractivity (Wildman–Crippen MR) is 74.5 cm³/mol. The van der Waals surface area contributed by atoms with E-state index in [1.165, 1.54) is 0 Å². The number of aryl methyl sites for hydroxylation is 1. The van der Waals surface area contributed by atoms with Crippen LogP contribution in [-0.4, -0.2) is 37.0 Å². The number of fused-ring (bicyclic) bond motifs is 1. The quantitative estimate of drug-likeness (QED) is 0.807. The summed E-state index contributed by atoms with van der Waals surface area (Å²) in [6.45, 7) is 2.19. The number of aromatic nitrogens is 1. The Hall–Kier alpha value is -1.82. The summed E-state index contributed by atoms with van der Waals surface area (Å²) in [5.74, 6) is 0.573. The van der Waals surface area contributed by atoms with Gasteiger partial charge in [0.2, 0.25) is 0 Å². The molecule has 1 atom stereocenters. The van der Waals surface area contributed by atoms with E-state index in [1.54, 1.807) is 4.90 Å². The van der Waals surface area contributed by atoms with E-state index < -0.39 is 12.3 Å². The van der Waals surface area contributed by atoms with Gasteiger partial charge in [-0.3, -0.25) is 0 Å². The van der Waals surface area contributed by atoms with Gasteiger partial charge in [-0.2, -0.15) is 13.2 Å². The fraction of sp³-hybridized carbons (Fsp3) is 0.400. The van der Waals surface area contributed by atoms with Crippen LogP contribution in [-0.2, 0) is 4.74 Å². The molecule has 0 N–H and O–H groups in total. The summed E-state index contributed by atoms with van der Waals surface area (Å²) in [4.78, 5) is 6.12. The van der Waals surface area contributed by atoms with E-state index in [4.69, 9.17) is 4.74 Å². The molecular weight excluding hydrogens is 281 g/mol. The molecule has 1 aromatic heterocycles. The predicted octanol–water partition coefficient (Wildman–Crippen LogP) is 3.31. The van der Waals surface area contributed by atoms with Crippen LogP contribution in [0.2, 0.25) is 0 Å². The van der Waals surface area contributed by atoms with E-state index in [2.05, 4.69) is 4.98 Å². The van der Waals surface area contributed by atoms with E-state index in [1.807, 2.05) is 37.3 Å². The highest BCUT2D eigenvalue weighted by atomic mass is 19.4. The van der Waals surface area contributed by atoms with Crippen LogP contribution in [0.3, 0.4) is 0 Å². The van der Waals surface area contributed by atoms with Gasteiger partial charge in [0.05, 0.1) is 18.7 Å². The largest absolute Gasteiger partial charge is 0.416 e. The lowest BCUT2D eigenvalue weighted by Gasteiger charge is -2.34. The summed E-state index contributed by atoms with van der Waals surface area (Å²) < 4.78 is 43.2. The van der Waals surface area contributed by atoms with Gasteiger partial charge < -0.3 is 9.64 Å². The van der Waals surface area contributed by atoms with Crippen LogP contribution in [0.25, 0.3) is 10.9 Å². The highest BCUT2D eigenvalue weighted by Crippen LogP contribution is 2.29. The third kappa shape index (κ3) is 2.81. The number of nitrogens with zero attached hydrogens (tertiary/aromatic N) is 2. The lowest BCUT2D eigenvalue weighted by molar-refractivity contribution is -0.221. The van der Waals surface area contributed by atoms with Crippen molar-refractivity contribution in [2.24, 2.45) is 0 Å². The molecule has 0 amide bonds. The third-order valence-corrected chi connectivity index (χ3v) is 3.67. The molecule has 0 saturated carbocycles. The molecule has 6 heteroatoms. The molecule has 2 heterocycles. The van der Waals surface area contributed by atoms with E-state index in [-0.39, 0.29) is 13.2 Å². The van der Waals surface area contributed by atoms with Crippen LogP contribution in [0.5, 0.6) is 0 Å². The Balaban J connectivity index is 1.93. The number of ether oxygens (including phenoxy) is 1. The molecule has 21 heavy (non-hydrogen) atoms. The zero-order chi connectivity index (χ0) is 15.0. The maximum absolute atomic E-state index is 12.8. The van der Waals surface area contributed by atoms with Crippen molar-refractivity contribution in [1.82, 2.24) is 4.98 Å².